The fraction of sp³-hybridized carbons (Fsp3) is 0.111. The summed E-state index contributed by atoms with van der Waals surface area (Å²) in [6, 6.07) is 13.3. The number of benzene rings is 2. The number of fused-ring (bicyclic) bond motifs is 1. The molecule has 3 rings (SSSR count). The van der Waals surface area contributed by atoms with Gasteiger partial charge in [-0.15, -0.1) is 6.58 Å². The first kappa shape index (κ1) is 16.1. The maximum absolute atomic E-state index is 6.16. The summed E-state index contributed by atoms with van der Waals surface area (Å²) >= 11 is 6.16. The molecular formula is C18H17ClN4O. The standard InChI is InChI=1S/C18H17ClN4O/c1-3-10-20-17-13-6-4-5-7-15(13)22-18(23-17)21-12-8-9-16(24-2)14(19)11-12/h3-9,11H,1,10H2,2H3,(H2,20,21,22,23). The molecule has 0 fully saturated rings. The molecule has 0 atom stereocenters. The third-order valence-corrected chi connectivity index (χ3v) is 3.72. The van der Waals surface area contributed by atoms with E-state index in [1.54, 1.807) is 25.3 Å². The molecule has 0 amide bonds. The van der Waals surface area contributed by atoms with Gasteiger partial charge >= 0.3 is 0 Å². The van der Waals surface area contributed by atoms with E-state index in [9.17, 15) is 0 Å². The van der Waals surface area contributed by atoms with Gasteiger partial charge in [-0.25, -0.2) is 4.98 Å². The second-order valence-electron chi connectivity index (χ2n) is 5.06. The molecule has 0 bridgehead atoms. The van der Waals surface area contributed by atoms with Crippen molar-refractivity contribution in [3.63, 3.8) is 0 Å². The van der Waals surface area contributed by atoms with E-state index in [0.717, 1.165) is 22.4 Å². The highest BCUT2D eigenvalue weighted by Crippen LogP contribution is 2.29. The molecule has 0 radical (unpaired) electrons. The normalized spacial score (nSPS) is 10.4. The Labute approximate surface area is 145 Å². The fourth-order valence-electron chi connectivity index (χ4n) is 2.31. The number of nitrogens with one attached hydrogen (secondary N) is 2. The van der Waals surface area contributed by atoms with E-state index in [1.165, 1.54) is 0 Å². The lowest BCUT2D eigenvalue weighted by atomic mass is 10.2. The monoisotopic (exact) mass is 340 g/mol. The van der Waals surface area contributed by atoms with Crippen LogP contribution in [0.4, 0.5) is 17.5 Å². The summed E-state index contributed by atoms with van der Waals surface area (Å²) in [7, 11) is 1.58. The predicted octanol–water partition coefficient (Wildman–Crippen LogP) is 4.63. The molecule has 1 aromatic heterocycles. The minimum Gasteiger partial charge on any atom is -0.495 e. The number of ether oxygens (including phenoxy) is 1. The Hall–Kier alpha value is -2.79. The minimum atomic E-state index is 0.487. The van der Waals surface area contributed by atoms with E-state index in [0.29, 0.717) is 23.3 Å². The number of hydrogen-bond acceptors (Lipinski definition) is 5. The van der Waals surface area contributed by atoms with Gasteiger partial charge in [-0.2, -0.15) is 4.98 Å². The van der Waals surface area contributed by atoms with Crippen molar-refractivity contribution in [1.29, 1.82) is 0 Å². The van der Waals surface area contributed by atoms with Crippen LogP contribution < -0.4 is 15.4 Å². The number of para-hydroxylation sites is 1. The van der Waals surface area contributed by atoms with E-state index < -0.39 is 0 Å². The van der Waals surface area contributed by atoms with Gasteiger partial charge < -0.3 is 15.4 Å². The Bertz CT molecular complexity index is 882. The fourth-order valence-corrected chi connectivity index (χ4v) is 2.57. The first-order valence-corrected chi connectivity index (χ1v) is 7.81. The zero-order chi connectivity index (χ0) is 16.9. The molecule has 2 N–H and O–H groups in total. The zero-order valence-corrected chi connectivity index (χ0v) is 14.0. The van der Waals surface area contributed by atoms with Gasteiger partial charge in [-0.3, -0.25) is 0 Å². The number of aromatic nitrogens is 2. The molecule has 1 heterocycles. The van der Waals surface area contributed by atoms with Crippen LogP contribution in [0.5, 0.6) is 5.75 Å². The van der Waals surface area contributed by atoms with Crippen molar-refractivity contribution in [3.05, 3.63) is 60.1 Å². The van der Waals surface area contributed by atoms with Crippen LogP contribution in [0, 0.1) is 0 Å². The average molecular weight is 341 g/mol. The maximum Gasteiger partial charge on any atom is 0.229 e. The molecule has 0 aliphatic heterocycles. The third kappa shape index (κ3) is 3.41. The smallest absolute Gasteiger partial charge is 0.229 e. The highest BCUT2D eigenvalue weighted by atomic mass is 35.5. The van der Waals surface area contributed by atoms with Crippen LogP contribution in [0.2, 0.25) is 5.02 Å². The molecule has 0 saturated carbocycles. The van der Waals surface area contributed by atoms with E-state index in [1.807, 2.05) is 30.3 Å². The van der Waals surface area contributed by atoms with Gasteiger partial charge in [0, 0.05) is 17.6 Å². The summed E-state index contributed by atoms with van der Waals surface area (Å²) in [5.41, 5.74) is 1.63. The van der Waals surface area contributed by atoms with Gasteiger partial charge in [0.2, 0.25) is 5.95 Å². The highest BCUT2D eigenvalue weighted by molar-refractivity contribution is 6.32. The summed E-state index contributed by atoms with van der Waals surface area (Å²) in [5, 5.41) is 7.89. The molecule has 122 valence electrons. The largest absolute Gasteiger partial charge is 0.495 e. The number of methoxy groups -OCH3 is 1. The van der Waals surface area contributed by atoms with Crippen LogP contribution in [-0.4, -0.2) is 23.6 Å². The van der Waals surface area contributed by atoms with Crippen molar-refractivity contribution >= 4 is 40.0 Å². The molecule has 0 unspecified atom stereocenters. The Morgan fingerprint density at radius 3 is 2.79 bits per heavy atom. The first-order valence-electron chi connectivity index (χ1n) is 7.43. The Morgan fingerprint density at radius 1 is 1.21 bits per heavy atom. The molecule has 0 aliphatic carbocycles. The Balaban J connectivity index is 1.96. The van der Waals surface area contributed by atoms with Crippen LogP contribution >= 0.6 is 11.6 Å². The lowest BCUT2D eigenvalue weighted by Gasteiger charge is -2.11. The second-order valence-corrected chi connectivity index (χ2v) is 5.46. The molecule has 6 heteroatoms. The first-order chi connectivity index (χ1) is 11.7. The molecule has 24 heavy (non-hydrogen) atoms. The Kier molecular flexibility index (Phi) is 4.82. The van der Waals surface area contributed by atoms with Crippen LogP contribution in [0.15, 0.2) is 55.1 Å². The molecule has 5 nitrogen and oxygen atoms in total. The third-order valence-electron chi connectivity index (χ3n) is 3.43. The van der Waals surface area contributed by atoms with Crippen LogP contribution in [-0.2, 0) is 0 Å². The van der Waals surface area contributed by atoms with Crippen molar-refractivity contribution in [2.75, 3.05) is 24.3 Å². The van der Waals surface area contributed by atoms with E-state index in [4.69, 9.17) is 16.3 Å². The molecule has 2 aromatic carbocycles. The highest BCUT2D eigenvalue weighted by Gasteiger charge is 2.08. The molecule has 0 spiro atoms. The van der Waals surface area contributed by atoms with Gasteiger partial charge in [0.1, 0.15) is 11.6 Å². The second kappa shape index (κ2) is 7.19. The van der Waals surface area contributed by atoms with Gasteiger partial charge in [0.05, 0.1) is 17.6 Å². The molecular weight excluding hydrogens is 324 g/mol. The topological polar surface area (TPSA) is 59.1 Å². The van der Waals surface area contributed by atoms with Gasteiger partial charge in [0.15, 0.2) is 0 Å². The lowest BCUT2D eigenvalue weighted by Crippen LogP contribution is -2.05. The summed E-state index contributed by atoms with van der Waals surface area (Å²) in [5.74, 6) is 1.86. The van der Waals surface area contributed by atoms with Crippen LogP contribution in [0.3, 0.4) is 0 Å². The van der Waals surface area contributed by atoms with E-state index >= 15 is 0 Å². The number of nitrogens with zero attached hydrogens (tertiary/aromatic N) is 2. The molecule has 3 aromatic rings. The molecule has 0 saturated heterocycles. The number of hydrogen-bond donors (Lipinski definition) is 2. The van der Waals surface area contributed by atoms with Crippen molar-refractivity contribution < 1.29 is 4.74 Å². The van der Waals surface area contributed by atoms with Crippen molar-refractivity contribution in [2.24, 2.45) is 0 Å². The maximum atomic E-state index is 6.16. The number of anilines is 3. The average Bonchev–Trinajstić information content (AvgIpc) is 2.60. The van der Waals surface area contributed by atoms with E-state index in [2.05, 4.69) is 27.2 Å². The Morgan fingerprint density at radius 2 is 2.04 bits per heavy atom. The van der Waals surface area contributed by atoms with Crippen molar-refractivity contribution in [3.8, 4) is 5.75 Å². The van der Waals surface area contributed by atoms with Crippen molar-refractivity contribution in [2.45, 2.75) is 0 Å². The van der Waals surface area contributed by atoms with Gasteiger partial charge in [-0.1, -0.05) is 29.8 Å². The van der Waals surface area contributed by atoms with Gasteiger partial charge in [0.25, 0.3) is 0 Å². The van der Waals surface area contributed by atoms with Gasteiger partial charge in [-0.05, 0) is 30.3 Å². The summed E-state index contributed by atoms with van der Waals surface area (Å²) in [6.07, 6.45) is 1.78. The van der Waals surface area contributed by atoms with Crippen LogP contribution in [0.1, 0.15) is 0 Å². The number of rotatable bonds is 6. The van der Waals surface area contributed by atoms with Crippen LogP contribution in [0.25, 0.3) is 10.9 Å². The summed E-state index contributed by atoms with van der Waals surface area (Å²) in [4.78, 5) is 9.10. The summed E-state index contributed by atoms with van der Waals surface area (Å²) in [6.45, 7) is 4.34. The quantitative estimate of drug-likeness (QED) is 0.640. The SMILES string of the molecule is C=CCNc1nc(Nc2ccc(OC)c(Cl)c2)nc2ccccc12. The van der Waals surface area contributed by atoms with E-state index in [-0.39, 0.29) is 0 Å². The molecule has 0 aliphatic rings. The number of halogens is 1. The summed E-state index contributed by atoms with van der Waals surface area (Å²) < 4.78 is 5.16. The lowest BCUT2D eigenvalue weighted by molar-refractivity contribution is 0.415. The van der Waals surface area contributed by atoms with Crippen molar-refractivity contribution in [1.82, 2.24) is 9.97 Å². The predicted molar refractivity (Wildman–Crippen MR) is 99.5 cm³/mol. The zero-order valence-electron chi connectivity index (χ0n) is 13.2. The minimum absolute atomic E-state index is 0.487.